The summed E-state index contributed by atoms with van der Waals surface area (Å²) in [5.41, 5.74) is -7.27. The summed E-state index contributed by atoms with van der Waals surface area (Å²) in [6.45, 7) is 0. The van der Waals surface area contributed by atoms with E-state index in [1.165, 1.54) is 0 Å². The fourth-order valence-corrected chi connectivity index (χ4v) is 1.67. The van der Waals surface area contributed by atoms with Gasteiger partial charge in [-0.05, 0) is 12.1 Å². The van der Waals surface area contributed by atoms with E-state index < -0.39 is 59.0 Å². The van der Waals surface area contributed by atoms with E-state index in [1.54, 1.807) is 0 Å². The number of halogens is 11. The number of aromatic hydroxyl groups is 1. The van der Waals surface area contributed by atoms with Gasteiger partial charge in [0.25, 0.3) is 12.1 Å². The van der Waals surface area contributed by atoms with E-state index in [1.807, 2.05) is 0 Å². The highest BCUT2D eigenvalue weighted by Gasteiger charge is 2.65. The minimum atomic E-state index is -6.42. The molecule has 0 saturated carbocycles. The lowest BCUT2D eigenvalue weighted by Gasteiger charge is -2.29. The van der Waals surface area contributed by atoms with Crippen LogP contribution in [0, 0.1) is 0 Å². The Morgan fingerprint density at radius 2 is 1.29 bits per heavy atom. The molecule has 0 amide bonds. The van der Waals surface area contributed by atoms with Gasteiger partial charge in [0.2, 0.25) is 0 Å². The molecule has 0 heterocycles. The highest BCUT2D eigenvalue weighted by atomic mass is 19.4. The van der Waals surface area contributed by atoms with E-state index in [0.717, 1.165) is 0 Å². The van der Waals surface area contributed by atoms with Gasteiger partial charge >= 0.3 is 18.3 Å². The topological polar surface area (TPSA) is 46.2 Å². The average molecular weight is 377 g/mol. The molecule has 0 radical (unpaired) electrons. The van der Waals surface area contributed by atoms with Gasteiger partial charge in [0, 0.05) is 5.56 Å². The van der Waals surface area contributed by atoms with E-state index in [4.69, 9.17) is 10.8 Å². The van der Waals surface area contributed by atoms with Gasteiger partial charge in [-0.1, -0.05) is 0 Å². The summed E-state index contributed by atoms with van der Waals surface area (Å²) in [7, 11) is 0. The highest BCUT2D eigenvalue weighted by Crippen LogP contribution is 2.53. The number of phenolic OH excluding ortho intramolecular Hbond substituents is 1. The molecule has 24 heavy (non-hydrogen) atoms. The van der Waals surface area contributed by atoms with Crippen LogP contribution in [0.15, 0.2) is 12.1 Å². The lowest BCUT2D eigenvalue weighted by molar-refractivity contribution is -0.290. The Labute approximate surface area is 125 Å². The smallest absolute Gasteiger partial charge is 0.458 e. The molecule has 1 rings (SSSR count). The molecule has 1 unspecified atom stereocenters. The van der Waals surface area contributed by atoms with Crippen molar-refractivity contribution in [3.8, 4) is 5.75 Å². The Balaban J connectivity index is 3.79. The van der Waals surface area contributed by atoms with Crippen molar-refractivity contribution in [2.45, 2.75) is 30.4 Å². The number of hydrogen-bond acceptors (Lipinski definition) is 2. The van der Waals surface area contributed by atoms with Crippen LogP contribution in [0.4, 0.5) is 54.0 Å². The molecule has 3 N–H and O–H groups in total. The number of nitrogens with two attached hydrogens (primary N) is 1. The third-order valence-electron chi connectivity index (χ3n) is 2.97. The van der Waals surface area contributed by atoms with Crippen molar-refractivity contribution < 1.29 is 53.4 Å². The molecule has 1 aromatic carbocycles. The van der Waals surface area contributed by atoms with Crippen molar-refractivity contribution in [2.24, 2.45) is 0 Å². The van der Waals surface area contributed by atoms with Gasteiger partial charge in [-0.15, -0.1) is 0 Å². The second kappa shape index (κ2) is 5.55. The molecule has 0 aliphatic heterocycles. The average Bonchev–Trinajstić information content (AvgIpc) is 2.37. The summed E-state index contributed by atoms with van der Waals surface area (Å²) in [5.74, 6) is -7.99. The zero-order valence-electron chi connectivity index (χ0n) is 10.9. The Morgan fingerprint density at radius 3 is 1.62 bits per heavy atom. The molecular weight excluding hydrogens is 371 g/mol. The number of phenols is 1. The molecule has 0 aromatic heterocycles. The first-order valence-electron chi connectivity index (χ1n) is 5.59. The minimum Gasteiger partial charge on any atom is -0.505 e. The van der Waals surface area contributed by atoms with Crippen LogP contribution < -0.4 is 5.73 Å². The Kier molecular flexibility index (Phi) is 4.65. The molecular formula is C11H6F11NO. The normalized spacial score (nSPS) is 16.3. The number of anilines is 1. The Hall–Kier alpha value is -1.95. The van der Waals surface area contributed by atoms with Crippen molar-refractivity contribution in [2.75, 3.05) is 5.73 Å². The lowest BCUT2D eigenvalue weighted by atomic mass is 9.91. The van der Waals surface area contributed by atoms with Gasteiger partial charge in [-0.3, -0.25) is 0 Å². The summed E-state index contributed by atoms with van der Waals surface area (Å²) >= 11 is 0. The van der Waals surface area contributed by atoms with E-state index in [-0.39, 0.29) is 6.07 Å². The maximum absolute atomic E-state index is 13.8. The van der Waals surface area contributed by atoms with Gasteiger partial charge < -0.3 is 10.8 Å². The zero-order chi connectivity index (χ0) is 19.3. The molecule has 0 aliphatic carbocycles. The van der Waals surface area contributed by atoms with Crippen LogP contribution in [0.3, 0.4) is 0 Å². The predicted octanol–water partition coefficient (Wildman–Crippen LogP) is 4.62. The third kappa shape index (κ3) is 2.90. The van der Waals surface area contributed by atoms with Crippen LogP contribution in [-0.4, -0.2) is 23.9 Å². The number of rotatable bonds is 3. The summed E-state index contributed by atoms with van der Waals surface area (Å²) in [6.07, 6.45) is -17.7. The number of hydrogen-bond donors (Lipinski definition) is 2. The summed E-state index contributed by atoms with van der Waals surface area (Å²) in [4.78, 5) is 0. The second-order valence-corrected chi connectivity index (χ2v) is 4.54. The fraction of sp³-hybridized carbons (Fsp3) is 0.455. The highest BCUT2D eigenvalue weighted by molar-refractivity contribution is 5.60. The van der Waals surface area contributed by atoms with Gasteiger partial charge in [0.05, 0.1) is 11.3 Å². The maximum atomic E-state index is 13.8. The SMILES string of the molecule is Nc1cc(C(F)(C(F)F)C(F)(F)F)cc(C(F)(F)C(F)(F)F)c1O. The standard InChI is InChI=1S/C11H6F11NO/c12-7(13)8(14,10(17,18)19)3-1-4(6(24)5(23)2-3)9(15,16)11(20,21)22/h1-2,7,24H,23H2. The first-order valence-corrected chi connectivity index (χ1v) is 5.59. The number of benzene rings is 1. The van der Waals surface area contributed by atoms with E-state index >= 15 is 0 Å². The molecule has 1 aromatic rings. The molecule has 0 fully saturated rings. The van der Waals surface area contributed by atoms with E-state index in [2.05, 4.69) is 0 Å². The van der Waals surface area contributed by atoms with Crippen LogP contribution in [0.1, 0.15) is 11.1 Å². The summed E-state index contributed by atoms with van der Waals surface area (Å²) in [6, 6.07) is -1.15. The van der Waals surface area contributed by atoms with Gasteiger partial charge in [0.15, 0.2) is 0 Å². The monoisotopic (exact) mass is 377 g/mol. The van der Waals surface area contributed by atoms with Crippen LogP contribution in [0.25, 0.3) is 0 Å². The number of nitrogen functional groups attached to an aromatic ring is 1. The summed E-state index contributed by atoms with van der Waals surface area (Å²) < 4.78 is 140. The molecule has 2 nitrogen and oxygen atoms in total. The molecule has 13 heteroatoms. The predicted molar refractivity (Wildman–Crippen MR) is 57.3 cm³/mol. The Bertz CT molecular complexity index is 622. The summed E-state index contributed by atoms with van der Waals surface area (Å²) in [5, 5.41) is 9.13. The first kappa shape index (κ1) is 20.1. The van der Waals surface area contributed by atoms with Crippen LogP contribution in [0.2, 0.25) is 0 Å². The zero-order valence-corrected chi connectivity index (χ0v) is 10.9. The lowest BCUT2D eigenvalue weighted by Crippen LogP contribution is -2.45. The second-order valence-electron chi connectivity index (χ2n) is 4.54. The van der Waals surface area contributed by atoms with Crippen molar-refractivity contribution in [3.63, 3.8) is 0 Å². The number of alkyl halides is 11. The van der Waals surface area contributed by atoms with Crippen molar-refractivity contribution in [1.82, 2.24) is 0 Å². The van der Waals surface area contributed by atoms with Gasteiger partial charge in [-0.25, -0.2) is 13.2 Å². The van der Waals surface area contributed by atoms with E-state index in [0.29, 0.717) is 0 Å². The molecule has 0 saturated heterocycles. The first-order chi connectivity index (χ1) is 10.5. The molecule has 0 spiro atoms. The van der Waals surface area contributed by atoms with Crippen molar-refractivity contribution >= 4 is 5.69 Å². The minimum absolute atomic E-state index is 0.301. The maximum Gasteiger partial charge on any atom is 0.458 e. The largest absolute Gasteiger partial charge is 0.505 e. The quantitative estimate of drug-likeness (QED) is 0.459. The van der Waals surface area contributed by atoms with Crippen LogP contribution in [-0.2, 0) is 11.6 Å². The van der Waals surface area contributed by atoms with Crippen molar-refractivity contribution in [1.29, 1.82) is 0 Å². The van der Waals surface area contributed by atoms with Crippen molar-refractivity contribution in [3.05, 3.63) is 23.3 Å². The molecule has 1 atom stereocenters. The van der Waals surface area contributed by atoms with Gasteiger partial charge in [0.1, 0.15) is 5.75 Å². The van der Waals surface area contributed by atoms with E-state index in [9.17, 15) is 48.3 Å². The Morgan fingerprint density at radius 1 is 0.833 bits per heavy atom. The molecule has 0 aliphatic rings. The fourth-order valence-electron chi connectivity index (χ4n) is 1.67. The molecule has 138 valence electrons. The van der Waals surface area contributed by atoms with Gasteiger partial charge in [-0.2, -0.15) is 35.1 Å². The third-order valence-corrected chi connectivity index (χ3v) is 2.97. The molecule has 0 bridgehead atoms. The van der Waals surface area contributed by atoms with Crippen LogP contribution >= 0.6 is 0 Å². The van der Waals surface area contributed by atoms with Crippen LogP contribution in [0.5, 0.6) is 5.75 Å².